The van der Waals surface area contributed by atoms with Gasteiger partial charge in [0, 0.05) is 24.3 Å². The van der Waals surface area contributed by atoms with E-state index in [0.717, 1.165) is 23.2 Å². The molecule has 0 aromatic heterocycles. The third-order valence-electron chi connectivity index (χ3n) is 5.32. The highest BCUT2D eigenvalue weighted by atomic mass is 19.1. The number of rotatable bonds is 5. The first kappa shape index (κ1) is 19.1. The Labute approximate surface area is 159 Å². The molecule has 0 spiro atoms. The minimum atomic E-state index is -0.454. The van der Waals surface area contributed by atoms with Crippen molar-refractivity contribution in [3.8, 4) is 0 Å². The zero-order chi connectivity index (χ0) is 19.6. The molecule has 1 N–H and O–H groups in total. The summed E-state index contributed by atoms with van der Waals surface area (Å²) < 4.78 is 13.5. The predicted molar refractivity (Wildman–Crippen MR) is 105 cm³/mol. The molecule has 2 aromatic rings. The van der Waals surface area contributed by atoms with Crippen LogP contribution >= 0.6 is 0 Å². The Morgan fingerprint density at radius 3 is 2.78 bits per heavy atom. The average Bonchev–Trinajstić information content (AvgIpc) is 3.05. The maximum absolute atomic E-state index is 13.5. The van der Waals surface area contributed by atoms with Crippen LogP contribution in [0.1, 0.15) is 43.7 Å². The highest BCUT2D eigenvalue weighted by molar-refractivity contribution is 6.04. The van der Waals surface area contributed by atoms with E-state index in [-0.39, 0.29) is 18.2 Å². The van der Waals surface area contributed by atoms with Gasteiger partial charge < -0.3 is 10.2 Å². The van der Waals surface area contributed by atoms with Crippen LogP contribution in [-0.4, -0.2) is 18.4 Å². The van der Waals surface area contributed by atoms with Crippen molar-refractivity contribution in [2.75, 3.05) is 16.8 Å². The highest BCUT2D eigenvalue weighted by Crippen LogP contribution is 2.33. The minimum Gasteiger partial charge on any atom is -0.325 e. The first-order chi connectivity index (χ1) is 12.9. The third kappa shape index (κ3) is 4.02. The van der Waals surface area contributed by atoms with E-state index in [1.807, 2.05) is 31.2 Å². The molecule has 1 aliphatic rings. The van der Waals surface area contributed by atoms with E-state index in [1.165, 1.54) is 12.1 Å². The Morgan fingerprint density at radius 2 is 2.04 bits per heavy atom. The Bertz CT molecular complexity index is 865. The summed E-state index contributed by atoms with van der Waals surface area (Å²) >= 11 is 0. The predicted octanol–water partition coefficient (Wildman–Crippen LogP) is 4.64. The fourth-order valence-corrected chi connectivity index (χ4v) is 3.45. The zero-order valence-corrected chi connectivity index (χ0v) is 16.0. The molecule has 0 radical (unpaired) electrons. The SMILES string of the molecule is CC[C@H](C)c1ccccc1N1C[C@H](C(=O)Nc2cc(F)ccc2C)CC1=O. The number of hydrogen-bond donors (Lipinski definition) is 1. The van der Waals surface area contributed by atoms with E-state index in [4.69, 9.17) is 0 Å². The van der Waals surface area contributed by atoms with Crippen LogP contribution in [0.4, 0.5) is 15.8 Å². The van der Waals surface area contributed by atoms with Gasteiger partial charge in [0.15, 0.2) is 0 Å². The van der Waals surface area contributed by atoms with E-state index in [2.05, 4.69) is 19.2 Å². The number of amides is 2. The fourth-order valence-electron chi connectivity index (χ4n) is 3.45. The molecule has 2 aromatic carbocycles. The maximum atomic E-state index is 13.5. The Morgan fingerprint density at radius 1 is 1.30 bits per heavy atom. The molecule has 142 valence electrons. The second-order valence-corrected chi connectivity index (χ2v) is 7.22. The van der Waals surface area contributed by atoms with E-state index in [1.54, 1.807) is 11.0 Å². The number of nitrogens with zero attached hydrogens (tertiary/aromatic N) is 1. The van der Waals surface area contributed by atoms with Crippen LogP contribution in [0.5, 0.6) is 0 Å². The topological polar surface area (TPSA) is 49.4 Å². The summed E-state index contributed by atoms with van der Waals surface area (Å²) in [6.45, 7) is 6.40. The van der Waals surface area contributed by atoms with Gasteiger partial charge in [-0.1, -0.05) is 38.1 Å². The van der Waals surface area contributed by atoms with Gasteiger partial charge in [0.05, 0.1) is 5.92 Å². The fraction of sp³-hybridized carbons (Fsp3) is 0.364. The number of carbonyl (C=O) groups is 2. The molecular weight excluding hydrogens is 343 g/mol. The molecule has 1 saturated heterocycles. The number of nitrogens with one attached hydrogen (secondary N) is 1. The number of carbonyl (C=O) groups excluding carboxylic acids is 2. The molecule has 0 saturated carbocycles. The normalized spacial score (nSPS) is 17.9. The lowest BCUT2D eigenvalue weighted by Crippen LogP contribution is -2.29. The van der Waals surface area contributed by atoms with Gasteiger partial charge in [0.1, 0.15) is 5.82 Å². The summed E-state index contributed by atoms with van der Waals surface area (Å²) in [4.78, 5) is 27.0. The van der Waals surface area contributed by atoms with Crippen molar-refractivity contribution in [1.29, 1.82) is 0 Å². The molecule has 0 unspecified atom stereocenters. The molecule has 1 heterocycles. The number of halogens is 1. The number of anilines is 2. The van der Waals surface area contributed by atoms with Crippen LogP contribution in [0.2, 0.25) is 0 Å². The Hall–Kier alpha value is -2.69. The molecule has 1 aliphatic heterocycles. The van der Waals surface area contributed by atoms with Crippen LogP contribution in [-0.2, 0) is 9.59 Å². The van der Waals surface area contributed by atoms with Crippen LogP contribution in [0.15, 0.2) is 42.5 Å². The second-order valence-electron chi connectivity index (χ2n) is 7.22. The molecule has 2 amide bonds. The Kier molecular flexibility index (Phi) is 5.59. The molecule has 0 aliphatic carbocycles. The first-order valence-corrected chi connectivity index (χ1v) is 9.37. The van der Waals surface area contributed by atoms with Gasteiger partial charge in [-0.25, -0.2) is 4.39 Å². The lowest BCUT2D eigenvalue weighted by Gasteiger charge is -2.23. The smallest absolute Gasteiger partial charge is 0.229 e. The van der Waals surface area contributed by atoms with Crippen molar-refractivity contribution in [2.24, 2.45) is 5.92 Å². The molecule has 5 heteroatoms. The average molecular weight is 368 g/mol. The van der Waals surface area contributed by atoms with Crippen LogP contribution in [0.3, 0.4) is 0 Å². The third-order valence-corrected chi connectivity index (χ3v) is 5.32. The summed E-state index contributed by atoms with van der Waals surface area (Å²) in [6.07, 6.45) is 1.14. The highest BCUT2D eigenvalue weighted by Gasteiger charge is 2.36. The molecule has 4 nitrogen and oxygen atoms in total. The lowest BCUT2D eigenvalue weighted by molar-refractivity contribution is -0.122. The second kappa shape index (κ2) is 7.91. The molecule has 2 atom stereocenters. The zero-order valence-electron chi connectivity index (χ0n) is 16.0. The molecule has 3 rings (SSSR count). The molecule has 27 heavy (non-hydrogen) atoms. The number of hydrogen-bond acceptors (Lipinski definition) is 2. The molecular formula is C22H25FN2O2. The van der Waals surface area contributed by atoms with Crippen molar-refractivity contribution < 1.29 is 14.0 Å². The van der Waals surface area contributed by atoms with Gasteiger partial charge in [0.25, 0.3) is 0 Å². The van der Waals surface area contributed by atoms with Crippen molar-refractivity contribution in [3.05, 3.63) is 59.4 Å². The maximum Gasteiger partial charge on any atom is 0.229 e. The van der Waals surface area contributed by atoms with Crippen molar-refractivity contribution >= 4 is 23.2 Å². The van der Waals surface area contributed by atoms with Gasteiger partial charge in [-0.3, -0.25) is 9.59 Å². The van der Waals surface area contributed by atoms with Gasteiger partial charge in [-0.15, -0.1) is 0 Å². The van der Waals surface area contributed by atoms with E-state index in [9.17, 15) is 14.0 Å². The molecule has 1 fully saturated rings. The lowest BCUT2D eigenvalue weighted by atomic mass is 9.96. The van der Waals surface area contributed by atoms with Crippen molar-refractivity contribution in [3.63, 3.8) is 0 Å². The monoisotopic (exact) mass is 368 g/mol. The number of benzene rings is 2. The van der Waals surface area contributed by atoms with Gasteiger partial charge >= 0.3 is 0 Å². The van der Waals surface area contributed by atoms with Crippen molar-refractivity contribution in [1.82, 2.24) is 0 Å². The summed E-state index contributed by atoms with van der Waals surface area (Å²) in [5, 5.41) is 2.78. The van der Waals surface area contributed by atoms with Crippen LogP contribution < -0.4 is 10.2 Å². The standard InChI is InChI=1S/C22H25FN2O2/c1-4-14(2)18-7-5-6-8-20(18)25-13-16(11-21(25)26)22(27)24-19-12-17(23)10-9-15(19)3/h5-10,12,14,16H,4,11,13H2,1-3H3,(H,24,27)/t14-,16+/m0/s1. The van der Waals surface area contributed by atoms with Crippen LogP contribution in [0, 0.1) is 18.7 Å². The van der Waals surface area contributed by atoms with Crippen LogP contribution in [0.25, 0.3) is 0 Å². The Balaban J connectivity index is 1.78. The van der Waals surface area contributed by atoms with Crippen molar-refractivity contribution in [2.45, 2.75) is 39.5 Å². The summed E-state index contributed by atoms with van der Waals surface area (Å²) in [7, 11) is 0. The van der Waals surface area contributed by atoms with Gasteiger partial charge in [-0.05, 0) is 48.6 Å². The molecule has 0 bridgehead atoms. The summed E-state index contributed by atoms with van der Waals surface area (Å²) in [5.74, 6) is -0.827. The van der Waals surface area contributed by atoms with E-state index >= 15 is 0 Å². The van der Waals surface area contributed by atoms with Gasteiger partial charge in [-0.2, -0.15) is 0 Å². The number of para-hydroxylation sites is 1. The minimum absolute atomic E-state index is 0.0538. The summed E-state index contributed by atoms with van der Waals surface area (Å²) in [5.41, 5.74) is 3.24. The quantitative estimate of drug-likeness (QED) is 0.836. The first-order valence-electron chi connectivity index (χ1n) is 9.37. The van der Waals surface area contributed by atoms with Gasteiger partial charge in [0.2, 0.25) is 11.8 Å². The largest absolute Gasteiger partial charge is 0.325 e. The van der Waals surface area contributed by atoms with E-state index < -0.39 is 11.7 Å². The number of aryl methyl sites for hydroxylation is 1. The summed E-state index contributed by atoms with van der Waals surface area (Å²) in [6, 6.07) is 12.2. The van der Waals surface area contributed by atoms with E-state index in [0.29, 0.717) is 18.2 Å².